The van der Waals surface area contributed by atoms with Crippen molar-refractivity contribution >= 4 is 21.9 Å². The minimum absolute atomic E-state index is 0.322. The smallest absolute Gasteiger partial charge is 0.345 e. The molecule has 0 heterocycles. The normalized spacial score (nSPS) is 11.9. The van der Waals surface area contributed by atoms with Crippen LogP contribution in [0, 0.1) is 6.92 Å². The summed E-state index contributed by atoms with van der Waals surface area (Å²) in [6.45, 7) is 1.94. The maximum atomic E-state index is 11.3. The maximum absolute atomic E-state index is 11.3. The van der Waals surface area contributed by atoms with E-state index in [1.54, 1.807) is 6.07 Å². The second-order valence-corrected chi connectivity index (χ2v) is 5.51. The van der Waals surface area contributed by atoms with Gasteiger partial charge in [0.2, 0.25) is 0 Å². The average Bonchev–Trinajstić information content (AvgIpc) is 2.38. The van der Waals surface area contributed by atoms with Gasteiger partial charge in [0.25, 0.3) is 0 Å². The highest BCUT2D eigenvalue weighted by Gasteiger charge is 2.20. The van der Waals surface area contributed by atoms with Crippen molar-refractivity contribution in [3.8, 4) is 5.75 Å². The van der Waals surface area contributed by atoms with Gasteiger partial charge in [-0.1, -0.05) is 40.2 Å². The summed E-state index contributed by atoms with van der Waals surface area (Å²) < 4.78 is 6.51. The van der Waals surface area contributed by atoms with E-state index in [0.29, 0.717) is 12.2 Å². The Labute approximate surface area is 126 Å². The van der Waals surface area contributed by atoms with E-state index in [4.69, 9.17) is 4.74 Å². The second-order valence-electron chi connectivity index (χ2n) is 4.60. The zero-order valence-corrected chi connectivity index (χ0v) is 12.6. The molecule has 1 N–H and O–H groups in total. The van der Waals surface area contributed by atoms with Gasteiger partial charge in [0.15, 0.2) is 6.10 Å². The van der Waals surface area contributed by atoms with E-state index in [1.807, 2.05) is 49.4 Å². The molecule has 0 aliphatic heterocycles. The van der Waals surface area contributed by atoms with E-state index >= 15 is 0 Å². The van der Waals surface area contributed by atoms with Crippen molar-refractivity contribution in [2.45, 2.75) is 19.4 Å². The molecule has 2 aromatic carbocycles. The number of hydrogen-bond donors (Lipinski definition) is 1. The highest BCUT2D eigenvalue weighted by molar-refractivity contribution is 9.10. The zero-order chi connectivity index (χ0) is 14.5. The first-order valence-electron chi connectivity index (χ1n) is 6.25. The molecule has 2 aromatic rings. The van der Waals surface area contributed by atoms with Crippen molar-refractivity contribution < 1.29 is 14.6 Å². The molecule has 0 saturated heterocycles. The number of rotatable bonds is 5. The summed E-state index contributed by atoms with van der Waals surface area (Å²) >= 11 is 3.38. The number of aliphatic carboxylic acids is 1. The number of hydrogen-bond acceptors (Lipinski definition) is 2. The fourth-order valence-corrected chi connectivity index (χ4v) is 2.36. The lowest BCUT2D eigenvalue weighted by molar-refractivity contribution is -0.145. The van der Waals surface area contributed by atoms with E-state index in [9.17, 15) is 9.90 Å². The molecule has 2 rings (SSSR count). The molecule has 4 heteroatoms. The van der Waals surface area contributed by atoms with Crippen LogP contribution in [0.5, 0.6) is 5.75 Å². The summed E-state index contributed by atoms with van der Waals surface area (Å²) in [5.41, 5.74) is 1.95. The highest BCUT2D eigenvalue weighted by Crippen LogP contribution is 2.18. The van der Waals surface area contributed by atoms with Crippen LogP contribution < -0.4 is 4.74 Å². The SMILES string of the molecule is Cc1cccc(O[C@H](Cc2cccc(Br)c2)C(=O)O)c1. The Kier molecular flexibility index (Phi) is 4.79. The first kappa shape index (κ1) is 14.6. The van der Waals surface area contributed by atoms with Gasteiger partial charge < -0.3 is 9.84 Å². The summed E-state index contributed by atoms with van der Waals surface area (Å²) in [7, 11) is 0. The number of ether oxygens (including phenoxy) is 1. The molecule has 0 saturated carbocycles. The van der Waals surface area contributed by atoms with E-state index < -0.39 is 12.1 Å². The third kappa shape index (κ3) is 4.10. The van der Waals surface area contributed by atoms with E-state index in [-0.39, 0.29) is 0 Å². The van der Waals surface area contributed by atoms with Gasteiger partial charge in [-0.15, -0.1) is 0 Å². The summed E-state index contributed by atoms with van der Waals surface area (Å²) in [4.78, 5) is 11.3. The van der Waals surface area contributed by atoms with Crippen LogP contribution in [0.1, 0.15) is 11.1 Å². The predicted molar refractivity (Wildman–Crippen MR) is 81.1 cm³/mol. The minimum atomic E-state index is -0.966. The van der Waals surface area contributed by atoms with Crippen LogP contribution in [0.2, 0.25) is 0 Å². The number of carbonyl (C=O) groups is 1. The highest BCUT2D eigenvalue weighted by atomic mass is 79.9. The van der Waals surface area contributed by atoms with Crippen LogP contribution in [0.25, 0.3) is 0 Å². The first-order chi connectivity index (χ1) is 9.54. The third-order valence-electron chi connectivity index (χ3n) is 2.85. The lowest BCUT2D eigenvalue weighted by Gasteiger charge is -2.15. The first-order valence-corrected chi connectivity index (χ1v) is 7.04. The maximum Gasteiger partial charge on any atom is 0.345 e. The lowest BCUT2D eigenvalue weighted by atomic mass is 10.1. The second kappa shape index (κ2) is 6.57. The topological polar surface area (TPSA) is 46.5 Å². The molecule has 20 heavy (non-hydrogen) atoms. The van der Waals surface area contributed by atoms with Gasteiger partial charge in [-0.25, -0.2) is 4.79 Å². The molecule has 0 bridgehead atoms. The Morgan fingerprint density at radius 3 is 2.65 bits per heavy atom. The largest absolute Gasteiger partial charge is 0.478 e. The number of carboxylic acid groups (broad SMARTS) is 1. The van der Waals surface area contributed by atoms with Crippen LogP contribution in [-0.2, 0) is 11.2 Å². The van der Waals surface area contributed by atoms with Gasteiger partial charge in [-0.05, 0) is 42.3 Å². The van der Waals surface area contributed by atoms with Crippen molar-refractivity contribution in [1.82, 2.24) is 0 Å². The lowest BCUT2D eigenvalue weighted by Crippen LogP contribution is -2.29. The van der Waals surface area contributed by atoms with Gasteiger partial charge in [-0.3, -0.25) is 0 Å². The van der Waals surface area contributed by atoms with E-state index in [2.05, 4.69) is 15.9 Å². The Balaban J connectivity index is 2.13. The summed E-state index contributed by atoms with van der Waals surface area (Å²) in [5.74, 6) is -0.390. The predicted octanol–water partition coefficient (Wildman–Crippen LogP) is 3.83. The fourth-order valence-electron chi connectivity index (χ4n) is 1.91. The van der Waals surface area contributed by atoms with Crippen molar-refractivity contribution in [1.29, 1.82) is 0 Å². The number of benzene rings is 2. The van der Waals surface area contributed by atoms with Gasteiger partial charge >= 0.3 is 5.97 Å². The molecule has 0 radical (unpaired) electrons. The molecular weight excluding hydrogens is 320 g/mol. The van der Waals surface area contributed by atoms with Gasteiger partial charge in [0, 0.05) is 10.9 Å². The number of aryl methyl sites for hydroxylation is 1. The van der Waals surface area contributed by atoms with E-state index in [0.717, 1.165) is 15.6 Å². The van der Waals surface area contributed by atoms with Crippen molar-refractivity contribution in [2.24, 2.45) is 0 Å². The van der Waals surface area contributed by atoms with Crippen LogP contribution in [0.4, 0.5) is 0 Å². The summed E-state index contributed by atoms with van der Waals surface area (Å²) in [6, 6.07) is 15.0. The third-order valence-corrected chi connectivity index (χ3v) is 3.35. The Morgan fingerprint density at radius 1 is 1.25 bits per heavy atom. The van der Waals surface area contributed by atoms with Crippen LogP contribution >= 0.6 is 15.9 Å². The molecule has 3 nitrogen and oxygen atoms in total. The van der Waals surface area contributed by atoms with Gasteiger partial charge in [0.05, 0.1) is 0 Å². The molecule has 0 aromatic heterocycles. The summed E-state index contributed by atoms with van der Waals surface area (Å²) in [5, 5.41) is 9.30. The van der Waals surface area contributed by atoms with Crippen molar-refractivity contribution in [3.05, 3.63) is 64.1 Å². The zero-order valence-electron chi connectivity index (χ0n) is 11.0. The molecular formula is C16H15BrO3. The van der Waals surface area contributed by atoms with Crippen LogP contribution in [0.15, 0.2) is 53.0 Å². The Hall–Kier alpha value is -1.81. The molecule has 0 aliphatic carbocycles. The quantitative estimate of drug-likeness (QED) is 0.903. The molecule has 0 amide bonds. The molecule has 0 unspecified atom stereocenters. The van der Waals surface area contributed by atoms with Crippen molar-refractivity contribution in [3.63, 3.8) is 0 Å². The monoisotopic (exact) mass is 334 g/mol. The average molecular weight is 335 g/mol. The number of carboxylic acids is 1. The Morgan fingerprint density at radius 2 is 2.00 bits per heavy atom. The molecule has 0 aliphatic rings. The van der Waals surface area contributed by atoms with Gasteiger partial charge in [0.1, 0.15) is 5.75 Å². The van der Waals surface area contributed by atoms with Gasteiger partial charge in [-0.2, -0.15) is 0 Å². The number of halogens is 1. The fraction of sp³-hybridized carbons (Fsp3) is 0.188. The minimum Gasteiger partial charge on any atom is -0.478 e. The van der Waals surface area contributed by atoms with Crippen LogP contribution in [-0.4, -0.2) is 17.2 Å². The Bertz CT molecular complexity index is 563. The standard InChI is InChI=1S/C16H15BrO3/c1-11-4-2-7-14(8-11)20-15(16(18)19)10-12-5-3-6-13(17)9-12/h2-9,15H,10H2,1H3,(H,18,19)/t15-/m1/s1. The van der Waals surface area contributed by atoms with Crippen molar-refractivity contribution in [2.75, 3.05) is 0 Å². The molecule has 0 fully saturated rings. The van der Waals surface area contributed by atoms with Crippen LogP contribution in [0.3, 0.4) is 0 Å². The molecule has 104 valence electrons. The van der Waals surface area contributed by atoms with E-state index in [1.165, 1.54) is 0 Å². The summed E-state index contributed by atoms with van der Waals surface area (Å²) in [6.07, 6.45) is -0.575. The molecule has 0 spiro atoms. The molecule has 1 atom stereocenters.